The summed E-state index contributed by atoms with van der Waals surface area (Å²) in [5.74, 6) is 0. The Balaban J connectivity index is 1.96. The molecule has 2 heteroatoms. The van der Waals surface area contributed by atoms with E-state index in [2.05, 4.69) is 0 Å². The topological polar surface area (TPSA) is 18.5 Å². The molecule has 0 aliphatic heterocycles. The van der Waals surface area contributed by atoms with Crippen LogP contribution in [-0.2, 0) is 9.47 Å². The van der Waals surface area contributed by atoms with Crippen LogP contribution in [-0.4, -0.2) is 12.7 Å². The molecule has 1 rings (SSSR count). The maximum Gasteiger partial charge on any atom is 0.209 e. The van der Waals surface area contributed by atoms with Crippen LogP contribution in [0.15, 0.2) is 0 Å². The van der Waals surface area contributed by atoms with Gasteiger partial charge < -0.3 is 9.47 Å². The summed E-state index contributed by atoms with van der Waals surface area (Å²) in [6.07, 6.45) is 6.81. The molecule has 1 saturated carbocycles. The molecule has 0 amide bonds. The molecule has 0 unspecified atom stereocenters. The number of rotatable bonds is 4. The van der Waals surface area contributed by atoms with Crippen molar-refractivity contribution in [2.45, 2.75) is 45.1 Å². The van der Waals surface area contributed by atoms with Crippen LogP contribution in [0.5, 0.6) is 0 Å². The van der Waals surface area contributed by atoms with Crippen molar-refractivity contribution in [1.29, 1.82) is 0 Å². The maximum absolute atomic E-state index is 5.38. The first-order valence-electron chi connectivity index (χ1n) is 4.52. The monoisotopic (exact) mass is 157 g/mol. The molecule has 0 saturated heterocycles. The van der Waals surface area contributed by atoms with Gasteiger partial charge in [-0.05, 0) is 19.8 Å². The van der Waals surface area contributed by atoms with E-state index in [9.17, 15) is 0 Å². The summed E-state index contributed by atoms with van der Waals surface area (Å²) in [7, 11) is 0. The highest BCUT2D eigenvalue weighted by Gasteiger charge is 2.13. The van der Waals surface area contributed by atoms with Gasteiger partial charge in [0, 0.05) is 6.61 Å². The summed E-state index contributed by atoms with van der Waals surface area (Å²) < 4.78 is 10.4. The summed E-state index contributed by atoms with van der Waals surface area (Å²) >= 11 is 0. The SMILES string of the molecule is CCO[CH]OC1CCCCC1. The third-order valence-electron chi connectivity index (χ3n) is 2.03. The Labute approximate surface area is 68.9 Å². The zero-order valence-corrected chi connectivity index (χ0v) is 7.21. The van der Waals surface area contributed by atoms with Gasteiger partial charge in [-0.15, -0.1) is 0 Å². The molecule has 11 heavy (non-hydrogen) atoms. The van der Waals surface area contributed by atoms with Crippen LogP contribution in [0.3, 0.4) is 0 Å². The molecule has 0 aromatic carbocycles. The zero-order chi connectivity index (χ0) is 7.94. The fourth-order valence-electron chi connectivity index (χ4n) is 1.39. The van der Waals surface area contributed by atoms with Crippen molar-refractivity contribution in [3.63, 3.8) is 0 Å². The van der Waals surface area contributed by atoms with Crippen molar-refractivity contribution >= 4 is 0 Å². The molecule has 0 heterocycles. The van der Waals surface area contributed by atoms with E-state index >= 15 is 0 Å². The van der Waals surface area contributed by atoms with Crippen LogP contribution >= 0.6 is 0 Å². The van der Waals surface area contributed by atoms with Crippen LogP contribution < -0.4 is 0 Å². The third kappa shape index (κ3) is 3.73. The van der Waals surface area contributed by atoms with Gasteiger partial charge in [-0.2, -0.15) is 0 Å². The summed E-state index contributed by atoms with van der Waals surface area (Å²) in [4.78, 5) is 0. The number of ether oxygens (including phenoxy) is 2. The van der Waals surface area contributed by atoms with Crippen molar-refractivity contribution in [1.82, 2.24) is 0 Å². The summed E-state index contributed by atoms with van der Waals surface area (Å²) in [6, 6.07) is 0. The van der Waals surface area contributed by atoms with Crippen molar-refractivity contribution in [2.75, 3.05) is 6.61 Å². The van der Waals surface area contributed by atoms with Gasteiger partial charge in [0.05, 0.1) is 6.10 Å². The van der Waals surface area contributed by atoms with Gasteiger partial charge >= 0.3 is 0 Å². The van der Waals surface area contributed by atoms with Gasteiger partial charge in [-0.25, -0.2) is 0 Å². The van der Waals surface area contributed by atoms with Crippen molar-refractivity contribution in [2.24, 2.45) is 0 Å². The van der Waals surface area contributed by atoms with Crippen LogP contribution in [0.1, 0.15) is 39.0 Å². The van der Waals surface area contributed by atoms with Crippen molar-refractivity contribution < 1.29 is 9.47 Å². The second kappa shape index (κ2) is 5.56. The van der Waals surface area contributed by atoms with Gasteiger partial charge in [-0.3, -0.25) is 0 Å². The minimum atomic E-state index is 0.426. The fraction of sp³-hybridized carbons (Fsp3) is 0.889. The van der Waals surface area contributed by atoms with E-state index < -0.39 is 0 Å². The minimum absolute atomic E-state index is 0.426. The first kappa shape index (κ1) is 9.01. The molecule has 0 spiro atoms. The molecule has 65 valence electrons. The van der Waals surface area contributed by atoms with Crippen LogP contribution in [0.25, 0.3) is 0 Å². The van der Waals surface area contributed by atoms with Crippen molar-refractivity contribution in [3.05, 3.63) is 6.79 Å². The molecule has 0 aromatic rings. The van der Waals surface area contributed by atoms with Crippen LogP contribution in [0, 0.1) is 6.79 Å². The average Bonchev–Trinajstić information content (AvgIpc) is 2.07. The van der Waals surface area contributed by atoms with E-state index in [-0.39, 0.29) is 0 Å². The van der Waals surface area contributed by atoms with Gasteiger partial charge in [0.15, 0.2) is 0 Å². The van der Waals surface area contributed by atoms with E-state index in [1.165, 1.54) is 38.9 Å². The largest absolute Gasteiger partial charge is 0.348 e. The molecule has 1 radical (unpaired) electrons. The Kier molecular flexibility index (Phi) is 4.55. The molecular weight excluding hydrogens is 140 g/mol. The van der Waals surface area contributed by atoms with E-state index in [1.807, 2.05) is 6.92 Å². The quantitative estimate of drug-likeness (QED) is 0.584. The lowest BCUT2D eigenvalue weighted by molar-refractivity contribution is -0.0305. The van der Waals surface area contributed by atoms with Crippen LogP contribution in [0.2, 0.25) is 0 Å². The van der Waals surface area contributed by atoms with E-state index in [0.29, 0.717) is 12.7 Å². The lowest BCUT2D eigenvalue weighted by atomic mass is 9.98. The van der Waals surface area contributed by atoms with E-state index in [0.717, 1.165) is 0 Å². The number of hydrogen-bond donors (Lipinski definition) is 0. The lowest BCUT2D eigenvalue weighted by Gasteiger charge is -2.20. The second-order valence-corrected chi connectivity index (χ2v) is 2.95. The summed E-state index contributed by atoms with van der Waals surface area (Å²) in [5.41, 5.74) is 0. The minimum Gasteiger partial charge on any atom is -0.348 e. The normalized spacial score (nSPS) is 20.5. The van der Waals surface area contributed by atoms with E-state index in [4.69, 9.17) is 9.47 Å². The Bertz CT molecular complexity index is 87.6. The molecule has 2 nitrogen and oxygen atoms in total. The van der Waals surface area contributed by atoms with Crippen LogP contribution in [0.4, 0.5) is 0 Å². The predicted octanol–water partition coefficient (Wildman–Crippen LogP) is 2.49. The third-order valence-corrected chi connectivity index (χ3v) is 2.03. The smallest absolute Gasteiger partial charge is 0.209 e. The highest BCUT2D eigenvalue weighted by Crippen LogP contribution is 2.20. The van der Waals surface area contributed by atoms with Gasteiger partial charge in [-0.1, -0.05) is 19.3 Å². The maximum atomic E-state index is 5.38. The first-order chi connectivity index (χ1) is 5.43. The highest BCUT2D eigenvalue weighted by molar-refractivity contribution is 4.65. The first-order valence-corrected chi connectivity index (χ1v) is 4.52. The zero-order valence-electron chi connectivity index (χ0n) is 7.21. The van der Waals surface area contributed by atoms with Gasteiger partial charge in [0.1, 0.15) is 0 Å². The summed E-state index contributed by atoms with van der Waals surface area (Å²) in [5, 5.41) is 0. The standard InChI is InChI=1S/C9H17O2/c1-2-10-8-11-9-6-4-3-5-7-9/h8-9H,2-7H2,1H3. The van der Waals surface area contributed by atoms with Gasteiger partial charge in [0.25, 0.3) is 0 Å². The predicted molar refractivity (Wildman–Crippen MR) is 43.9 cm³/mol. The second-order valence-electron chi connectivity index (χ2n) is 2.95. The van der Waals surface area contributed by atoms with Crippen molar-refractivity contribution in [3.8, 4) is 0 Å². The highest BCUT2D eigenvalue weighted by atomic mass is 16.7. The molecular formula is C9H17O2. The molecule has 0 atom stereocenters. The Morgan fingerprint density at radius 3 is 2.64 bits per heavy atom. The molecule has 1 fully saturated rings. The average molecular weight is 157 g/mol. The molecule has 0 bridgehead atoms. The lowest BCUT2D eigenvalue weighted by Crippen LogP contribution is -2.15. The Hall–Kier alpha value is -0.0800. The Morgan fingerprint density at radius 1 is 1.27 bits per heavy atom. The van der Waals surface area contributed by atoms with Gasteiger partial charge in [0.2, 0.25) is 6.79 Å². The Morgan fingerprint density at radius 2 is 2.00 bits per heavy atom. The molecule has 0 aromatic heterocycles. The fourth-order valence-corrected chi connectivity index (χ4v) is 1.39. The summed E-state index contributed by atoms with van der Waals surface area (Å²) in [6.45, 7) is 4.16. The molecule has 0 N–H and O–H groups in total. The molecule has 1 aliphatic carbocycles. The van der Waals surface area contributed by atoms with E-state index in [1.54, 1.807) is 0 Å². The number of hydrogen-bond acceptors (Lipinski definition) is 2. The molecule has 1 aliphatic rings.